The van der Waals surface area contributed by atoms with E-state index in [2.05, 4.69) is 45.5 Å². The second kappa shape index (κ2) is 4.27. The van der Waals surface area contributed by atoms with Gasteiger partial charge in [0.05, 0.1) is 0 Å². The summed E-state index contributed by atoms with van der Waals surface area (Å²) in [5.74, 6) is 0.606. The Bertz CT molecular complexity index is 295. The van der Waals surface area contributed by atoms with Gasteiger partial charge in [0, 0.05) is 0 Å². The highest BCUT2D eigenvalue weighted by molar-refractivity contribution is 5.37. The number of benzene rings is 1. The van der Waals surface area contributed by atoms with Crippen LogP contribution >= 0.6 is 0 Å². The molecule has 0 fully saturated rings. The number of hydrogen-bond donors (Lipinski definition) is 0. The fraction of sp³-hybridized carbons (Fsp3) is 0.385. The Hall–Kier alpha value is -1.04. The van der Waals surface area contributed by atoms with Gasteiger partial charge in [-0.15, -0.1) is 6.58 Å². The van der Waals surface area contributed by atoms with Gasteiger partial charge < -0.3 is 0 Å². The summed E-state index contributed by atoms with van der Waals surface area (Å²) < 4.78 is 0. The van der Waals surface area contributed by atoms with E-state index in [0.717, 1.165) is 6.42 Å². The Morgan fingerprint density at radius 1 is 1.38 bits per heavy atom. The molecule has 0 saturated heterocycles. The molecule has 0 nitrogen and oxygen atoms in total. The van der Waals surface area contributed by atoms with Crippen molar-refractivity contribution >= 4 is 0 Å². The molecule has 0 aliphatic rings. The molecule has 0 aromatic heterocycles. The van der Waals surface area contributed by atoms with E-state index in [-0.39, 0.29) is 0 Å². The topological polar surface area (TPSA) is 0 Å². The number of allylic oxidation sites excluding steroid dienone is 1. The molecule has 70 valence electrons. The van der Waals surface area contributed by atoms with Crippen molar-refractivity contribution in [3.63, 3.8) is 0 Å². The first kappa shape index (κ1) is 10.0. The highest BCUT2D eigenvalue weighted by Gasteiger charge is 2.06. The first-order chi connectivity index (χ1) is 6.16. The lowest BCUT2D eigenvalue weighted by molar-refractivity contribution is 0.847. The fourth-order valence-corrected chi connectivity index (χ4v) is 1.69. The molecule has 0 atom stereocenters. The molecule has 0 N–H and O–H groups in total. The zero-order valence-electron chi connectivity index (χ0n) is 8.80. The van der Waals surface area contributed by atoms with Gasteiger partial charge >= 0.3 is 0 Å². The van der Waals surface area contributed by atoms with Crippen molar-refractivity contribution in [2.24, 2.45) is 0 Å². The number of aryl methyl sites for hydroxylation is 1. The number of rotatable bonds is 3. The monoisotopic (exact) mass is 174 g/mol. The molecule has 0 radical (unpaired) electrons. The smallest absolute Gasteiger partial charge is 0.00947 e. The summed E-state index contributed by atoms with van der Waals surface area (Å²) in [6.45, 7) is 10.4. The maximum Gasteiger partial charge on any atom is -0.00947 e. The van der Waals surface area contributed by atoms with E-state index in [0.29, 0.717) is 5.92 Å². The van der Waals surface area contributed by atoms with Crippen LogP contribution in [-0.2, 0) is 6.42 Å². The van der Waals surface area contributed by atoms with E-state index >= 15 is 0 Å². The Labute approximate surface area is 81.3 Å². The van der Waals surface area contributed by atoms with Crippen LogP contribution in [0.5, 0.6) is 0 Å². The predicted molar refractivity (Wildman–Crippen MR) is 59.2 cm³/mol. The summed E-state index contributed by atoms with van der Waals surface area (Å²) >= 11 is 0. The first-order valence-electron chi connectivity index (χ1n) is 4.86. The molecule has 0 unspecified atom stereocenters. The van der Waals surface area contributed by atoms with Crippen molar-refractivity contribution in [2.75, 3.05) is 0 Å². The highest BCUT2D eigenvalue weighted by Crippen LogP contribution is 2.22. The van der Waals surface area contributed by atoms with Crippen LogP contribution in [0.2, 0.25) is 0 Å². The lowest BCUT2D eigenvalue weighted by atomic mass is 9.92. The van der Waals surface area contributed by atoms with Gasteiger partial charge in [-0.05, 0) is 36.0 Å². The summed E-state index contributed by atoms with van der Waals surface area (Å²) in [4.78, 5) is 0. The minimum absolute atomic E-state index is 0.606. The Balaban J connectivity index is 3.16. The van der Waals surface area contributed by atoms with Crippen LogP contribution in [0.4, 0.5) is 0 Å². The standard InChI is InChI=1S/C13H18/c1-5-7-13-11(4)8-6-9-12(13)10(2)3/h5-6,8-10H,1,7H2,2-4H3. The third kappa shape index (κ3) is 2.21. The quantitative estimate of drug-likeness (QED) is 0.611. The average Bonchev–Trinajstić information content (AvgIpc) is 2.08. The van der Waals surface area contributed by atoms with Crippen LogP contribution in [0.15, 0.2) is 30.9 Å². The third-order valence-corrected chi connectivity index (χ3v) is 2.42. The summed E-state index contributed by atoms with van der Waals surface area (Å²) in [6, 6.07) is 6.53. The summed E-state index contributed by atoms with van der Waals surface area (Å²) in [5.41, 5.74) is 4.29. The van der Waals surface area contributed by atoms with E-state index in [9.17, 15) is 0 Å². The molecule has 13 heavy (non-hydrogen) atoms. The van der Waals surface area contributed by atoms with Crippen LogP contribution in [0.25, 0.3) is 0 Å². The number of hydrogen-bond acceptors (Lipinski definition) is 0. The Morgan fingerprint density at radius 2 is 2.08 bits per heavy atom. The van der Waals surface area contributed by atoms with Crippen molar-refractivity contribution in [3.8, 4) is 0 Å². The molecule has 0 saturated carbocycles. The van der Waals surface area contributed by atoms with Gasteiger partial charge in [-0.25, -0.2) is 0 Å². The van der Waals surface area contributed by atoms with E-state index in [1.54, 1.807) is 0 Å². The van der Waals surface area contributed by atoms with Crippen molar-refractivity contribution in [3.05, 3.63) is 47.5 Å². The molecular weight excluding hydrogens is 156 g/mol. The predicted octanol–water partition coefficient (Wildman–Crippen LogP) is 3.85. The lowest BCUT2D eigenvalue weighted by Crippen LogP contribution is -1.97. The minimum atomic E-state index is 0.606. The normalized spacial score (nSPS) is 10.5. The van der Waals surface area contributed by atoms with Crippen LogP contribution in [0.1, 0.15) is 36.5 Å². The maximum atomic E-state index is 3.80. The van der Waals surface area contributed by atoms with Crippen molar-refractivity contribution in [1.82, 2.24) is 0 Å². The molecule has 0 bridgehead atoms. The largest absolute Gasteiger partial charge is 0.103 e. The second-order valence-electron chi connectivity index (χ2n) is 3.79. The molecule has 1 rings (SSSR count). The fourth-order valence-electron chi connectivity index (χ4n) is 1.69. The molecule has 0 amide bonds. The SMILES string of the molecule is C=CCc1c(C)cccc1C(C)C. The zero-order chi connectivity index (χ0) is 9.84. The molecule has 0 heterocycles. The van der Waals surface area contributed by atoms with Crippen molar-refractivity contribution in [2.45, 2.75) is 33.1 Å². The molecular formula is C13H18. The van der Waals surface area contributed by atoms with E-state index in [1.807, 2.05) is 6.08 Å². The Kier molecular flexibility index (Phi) is 3.30. The van der Waals surface area contributed by atoms with Gasteiger partial charge in [-0.3, -0.25) is 0 Å². The van der Waals surface area contributed by atoms with Crippen LogP contribution in [0, 0.1) is 6.92 Å². The van der Waals surface area contributed by atoms with Gasteiger partial charge in [-0.1, -0.05) is 38.1 Å². The van der Waals surface area contributed by atoms with Crippen LogP contribution in [-0.4, -0.2) is 0 Å². The summed E-state index contributed by atoms with van der Waals surface area (Å²) in [6.07, 6.45) is 2.97. The highest BCUT2D eigenvalue weighted by atomic mass is 14.1. The molecule has 0 aliphatic carbocycles. The average molecular weight is 174 g/mol. The molecule has 0 spiro atoms. The van der Waals surface area contributed by atoms with Gasteiger partial charge in [0.15, 0.2) is 0 Å². The van der Waals surface area contributed by atoms with Gasteiger partial charge in [0.2, 0.25) is 0 Å². The molecule has 1 aromatic rings. The van der Waals surface area contributed by atoms with Crippen LogP contribution < -0.4 is 0 Å². The maximum absolute atomic E-state index is 3.80. The summed E-state index contributed by atoms with van der Waals surface area (Å²) in [5, 5.41) is 0. The van der Waals surface area contributed by atoms with Crippen LogP contribution in [0.3, 0.4) is 0 Å². The first-order valence-corrected chi connectivity index (χ1v) is 4.86. The zero-order valence-corrected chi connectivity index (χ0v) is 8.80. The van der Waals surface area contributed by atoms with Crippen molar-refractivity contribution in [1.29, 1.82) is 0 Å². The van der Waals surface area contributed by atoms with E-state index < -0.39 is 0 Å². The molecule has 0 aliphatic heterocycles. The van der Waals surface area contributed by atoms with Gasteiger partial charge in [0.25, 0.3) is 0 Å². The third-order valence-electron chi connectivity index (χ3n) is 2.42. The Morgan fingerprint density at radius 3 is 2.62 bits per heavy atom. The van der Waals surface area contributed by atoms with Crippen molar-refractivity contribution < 1.29 is 0 Å². The minimum Gasteiger partial charge on any atom is -0.103 e. The molecule has 0 heteroatoms. The lowest BCUT2D eigenvalue weighted by Gasteiger charge is -2.13. The van der Waals surface area contributed by atoms with Gasteiger partial charge in [0.1, 0.15) is 0 Å². The second-order valence-corrected chi connectivity index (χ2v) is 3.79. The molecule has 1 aromatic carbocycles. The van der Waals surface area contributed by atoms with Gasteiger partial charge in [-0.2, -0.15) is 0 Å². The van der Waals surface area contributed by atoms with E-state index in [1.165, 1.54) is 16.7 Å². The summed E-state index contributed by atoms with van der Waals surface area (Å²) in [7, 11) is 0. The van der Waals surface area contributed by atoms with E-state index in [4.69, 9.17) is 0 Å².